The fraction of sp³-hybridized carbons (Fsp3) is 0.643. The van der Waals surface area contributed by atoms with Crippen LogP contribution in [0.1, 0.15) is 47.3 Å². The van der Waals surface area contributed by atoms with E-state index in [-0.39, 0.29) is 5.91 Å². The number of aryl methyl sites for hydroxylation is 1. The molecular weight excluding hydrogens is 266 g/mol. The Balaban J connectivity index is 2.13. The predicted molar refractivity (Wildman–Crippen MR) is 77.7 cm³/mol. The molecule has 0 N–H and O–H groups in total. The van der Waals surface area contributed by atoms with E-state index < -0.39 is 0 Å². The highest BCUT2D eigenvalue weighted by Crippen LogP contribution is 2.26. The highest BCUT2D eigenvalue weighted by Gasteiger charge is 2.27. The molecule has 0 bridgehead atoms. The Morgan fingerprint density at radius 2 is 2.17 bits per heavy atom. The lowest BCUT2D eigenvalue weighted by Crippen LogP contribution is -2.42. The Kier molecular flexibility index (Phi) is 5.07. The molecule has 100 valence electrons. The van der Waals surface area contributed by atoms with E-state index in [2.05, 4.69) is 0 Å². The number of carbonyl (C=O) groups excluding carboxylic acids is 1. The monoisotopic (exact) mass is 285 g/mol. The van der Waals surface area contributed by atoms with Crippen LogP contribution in [0.25, 0.3) is 0 Å². The first-order valence-corrected chi connectivity index (χ1v) is 8.06. The molecule has 4 heteroatoms. The number of hydrogen-bond acceptors (Lipinski definition) is 2. The van der Waals surface area contributed by atoms with E-state index in [1.807, 2.05) is 23.3 Å². The topological polar surface area (TPSA) is 20.3 Å². The number of carbonyl (C=O) groups is 1. The summed E-state index contributed by atoms with van der Waals surface area (Å²) in [6, 6.07) is 2.41. The van der Waals surface area contributed by atoms with Crippen LogP contribution in [0.2, 0.25) is 0 Å². The number of hydrogen-bond donors (Lipinski definition) is 0. The Hall–Kier alpha value is -0.540. The van der Waals surface area contributed by atoms with Crippen molar-refractivity contribution in [1.82, 2.24) is 4.90 Å². The van der Waals surface area contributed by atoms with Gasteiger partial charge >= 0.3 is 0 Å². The van der Waals surface area contributed by atoms with Gasteiger partial charge in [0.25, 0.3) is 5.91 Å². The van der Waals surface area contributed by atoms with E-state index in [1.54, 1.807) is 11.3 Å². The minimum atomic E-state index is 0.176. The van der Waals surface area contributed by atoms with E-state index >= 15 is 0 Å². The van der Waals surface area contributed by atoms with Crippen molar-refractivity contribution in [3.63, 3.8) is 0 Å². The van der Waals surface area contributed by atoms with Crippen LogP contribution in [0, 0.1) is 6.92 Å². The lowest BCUT2D eigenvalue weighted by atomic mass is 9.94. The van der Waals surface area contributed by atoms with Crippen molar-refractivity contribution in [2.75, 3.05) is 12.4 Å². The zero-order valence-electron chi connectivity index (χ0n) is 10.8. The van der Waals surface area contributed by atoms with Gasteiger partial charge in [-0.25, -0.2) is 0 Å². The molecule has 1 aliphatic carbocycles. The first kappa shape index (κ1) is 13.9. The summed E-state index contributed by atoms with van der Waals surface area (Å²) in [5, 5.41) is 1.99. The van der Waals surface area contributed by atoms with E-state index in [9.17, 15) is 4.79 Å². The molecule has 2 nitrogen and oxygen atoms in total. The smallest absolute Gasteiger partial charge is 0.264 e. The molecule has 0 saturated heterocycles. The summed E-state index contributed by atoms with van der Waals surface area (Å²) in [6.07, 6.45) is 6.04. The van der Waals surface area contributed by atoms with E-state index in [4.69, 9.17) is 11.6 Å². The molecule has 1 aromatic rings. The number of amides is 1. The van der Waals surface area contributed by atoms with E-state index in [1.165, 1.54) is 19.3 Å². The molecule has 1 aliphatic rings. The molecule has 0 radical (unpaired) electrons. The van der Waals surface area contributed by atoms with Gasteiger partial charge in [-0.1, -0.05) is 19.3 Å². The second-order valence-corrected chi connectivity index (χ2v) is 6.21. The summed E-state index contributed by atoms with van der Waals surface area (Å²) >= 11 is 7.41. The first-order valence-electron chi connectivity index (χ1n) is 6.65. The molecule has 18 heavy (non-hydrogen) atoms. The fourth-order valence-corrected chi connectivity index (χ4v) is 3.72. The van der Waals surface area contributed by atoms with Crippen LogP contribution in [-0.2, 0) is 0 Å². The maximum atomic E-state index is 12.6. The summed E-state index contributed by atoms with van der Waals surface area (Å²) < 4.78 is 0. The van der Waals surface area contributed by atoms with Crippen molar-refractivity contribution in [2.45, 2.75) is 45.1 Å². The summed E-state index contributed by atoms with van der Waals surface area (Å²) in [5.41, 5.74) is 1.08. The summed E-state index contributed by atoms with van der Waals surface area (Å²) in [7, 11) is 0. The average Bonchev–Trinajstić information content (AvgIpc) is 2.82. The minimum absolute atomic E-state index is 0.176. The Morgan fingerprint density at radius 3 is 2.72 bits per heavy atom. The van der Waals surface area contributed by atoms with Crippen LogP contribution in [0.5, 0.6) is 0 Å². The SMILES string of the molecule is Cc1ccsc1C(=O)N(CCCl)C1CCCCC1. The van der Waals surface area contributed by atoms with Gasteiger partial charge in [-0.2, -0.15) is 0 Å². The summed E-state index contributed by atoms with van der Waals surface area (Å²) in [6.45, 7) is 2.67. The van der Waals surface area contributed by atoms with Gasteiger partial charge < -0.3 is 4.90 Å². The summed E-state index contributed by atoms with van der Waals surface area (Å²) in [5.74, 6) is 0.696. The number of alkyl halides is 1. The van der Waals surface area contributed by atoms with Crippen molar-refractivity contribution in [3.8, 4) is 0 Å². The van der Waals surface area contributed by atoms with Gasteiger partial charge in [0, 0.05) is 18.5 Å². The highest BCUT2D eigenvalue weighted by atomic mass is 35.5. The fourth-order valence-electron chi connectivity index (χ4n) is 2.66. The van der Waals surface area contributed by atoms with Gasteiger partial charge in [0.15, 0.2) is 0 Å². The molecule has 1 saturated carbocycles. The molecular formula is C14H20ClNOS. The second kappa shape index (κ2) is 6.58. The van der Waals surface area contributed by atoms with Crippen molar-refractivity contribution in [2.24, 2.45) is 0 Å². The molecule has 0 aliphatic heterocycles. The molecule has 0 atom stereocenters. The Morgan fingerprint density at radius 1 is 1.44 bits per heavy atom. The van der Waals surface area contributed by atoms with Crippen LogP contribution < -0.4 is 0 Å². The van der Waals surface area contributed by atoms with Gasteiger partial charge in [0.2, 0.25) is 0 Å². The number of rotatable bonds is 4. The number of nitrogens with zero attached hydrogens (tertiary/aromatic N) is 1. The minimum Gasteiger partial charge on any atom is -0.334 e. The number of halogens is 1. The maximum absolute atomic E-state index is 12.6. The Labute approximate surface area is 118 Å². The third-order valence-corrected chi connectivity index (χ3v) is 4.83. The van der Waals surface area contributed by atoms with Crippen LogP contribution in [0.3, 0.4) is 0 Å². The molecule has 0 aromatic carbocycles. The molecule has 1 heterocycles. The van der Waals surface area contributed by atoms with Gasteiger partial charge in [0.05, 0.1) is 4.88 Å². The summed E-state index contributed by atoms with van der Waals surface area (Å²) in [4.78, 5) is 15.5. The zero-order valence-corrected chi connectivity index (χ0v) is 12.4. The largest absolute Gasteiger partial charge is 0.334 e. The lowest BCUT2D eigenvalue weighted by Gasteiger charge is -2.34. The lowest BCUT2D eigenvalue weighted by molar-refractivity contribution is 0.0654. The normalized spacial score (nSPS) is 16.8. The van der Waals surface area contributed by atoms with Gasteiger partial charge in [-0.3, -0.25) is 4.79 Å². The molecule has 1 aromatic heterocycles. The van der Waals surface area contributed by atoms with Gasteiger partial charge in [-0.15, -0.1) is 22.9 Å². The maximum Gasteiger partial charge on any atom is 0.264 e. The highest BCUT2D eigenvalue weighted by molar-refractivity contribution is 7.12. The Bertz CT molecular complexity index is 398. The third-order valence-electron chi connectivity index (χ3n) is 3.66. The van der Waals surface area contributed by atoms with Gasteiger partial charge in [0.1, 0.15) is 0 Å². The molecule has 0 spiro atoms. The van der Waals surface area contributed by atoms with Crippen LogP contribution in [0.4, 0.5) is 0 Å². The van der Waals surface area contributed by atoms with Crippen LogP contribution >= 0.6 is 22.9 Å². The van der Waals surface area contributed by atoms with E-state index in [0.29, 0.717) is 18.5 Å². The second-order valence-electron chi connectivity index (χ2n) is 4.91. The van der Waals surface area contributed by atoms with Crippen molar-refractivity contribution in [1.29, 1.82) is 0 Å². The standard InChI is InChI=1S/C14H20ClNOS/c1-11-7-10-18-13(11)14(17)16(9-8-15)12-5-3-2-4-6-12/h7,10,12H,2-6,8-9H2,1H3. The quantitative estimate of drug-likeness (QED) is 0.764. The van der Waals surface area contributed by atoms with Crippen molar-refractivity contribution in [3.05, 3.63) is 21.9 Å². The number of thiophene rings is 1. The van der Waals surface area contributed by atoms with Crippen molar-refractivity contribution < 1.29 is 4.79 Å². The van der Waals surface area contributed by atoms with E-state index in [0.717, 1.165) is 23.3 Å². The van der Waals surface area contributed by atoms with Gasteiger partial charge in [-0.05, 0) is 36.8 Å². The zero-order chi connectivity index (χ0) is 13.0. The third kappa shape index (κ3) is 3.07. The molecule has 0 unspecified atom stereocenters. The van der Waals surface area contributed by atoms with Crippen LogP contribution in [-0.4, -0.2) is 29.3 Å². The van der Waals surface area contributed by atoms with Crippen LogP contribution in [0.15, 0.2) is 11.4 Å². The first-order chi connectivity index (χ1) is 8.74. The predicted octanol–water partition coefficient (Wildman–Crippen LogP) is 4.07. The molecule has 2 rings (SSSR count). The molecule has 1 amide bonds. The van der Waals surface area contributed by atoms with Crippen molar-refractivity contribution >= 4 is 28.8 Å². The average molecular weight is 286 g/mol. The molecule has 1 fully saturated rings.